The Balaban J connectivity index is 0.932. The second kappa shape index (κ2) is 15.4. The number of ether oxygens (including phenoxy) is 5. The number of amides is 2. The van der Waals surface area contributed by atoms with Crippen LogP contribution in [-0.4, -0.2) is 103 Å². The molecule has 1 aliphatic carbocycles. The smallest absolute Gasteiger partial charge is 0.410 e. The van der Waals surface area contributed by atoms with Crippen LogP contribution < -0.4 is 5.32 Å². The average molecular weight is 666 g/mol. The summed E-state index contributed by atoms with van der Waals surface area (Å²) in [6.45, 7) is 12.8. The summed E-state index contributed by atoms with van der Waals surface area (Å²) < 4.78 is 29.8. The Morgan fingerprint density at radius 1 is 1.06 bits per heavy atom. The maximum atomic E-state index is 13.4. The van der Waals surface area contributed by atoms with Gasteiger partial charge in [0.2, 0.25) is 0 Å². The number of carbonyl (C=O) groups excluding carboxylic acids is 2. The summed E-state index contributed by atoms with van der Waals surface area (Å²) in [7, 11) is 0. The number of allylic oxidation sites excluding steroid dienone is 2. The van der Waals surface area contributed by atoms with Crippen molar-refractivity contribution in [3.05, 3.63) is 59.2 Å². The molecule has 48 heavy (non-hydrogen) atoms. The third kappa shape index (κ3) is 9.27. The van der Waals surface area contributed by atoms with Gasteiger partial charge in [-0.25, -0.2) is 4.79 Å². The topological polar surface area (TPSA) is 102 Å². The number of hydrogen-bond acceptors (Lipinski definition) is 8. The maximum absolute atomic E-state index is 13.4. The van der Waals surface area contributed by atoms with Gasteiger partial charge in [0.1, 0.15) is 6.10 Å². The fraction of sp³-hybridized carbons (Fsp3) is 0.684. The second-order valence-electron chi connectivity index (χ2n) is 15.0. The zero-order valence-electron chi connectivity index (χ0n) is 29.3. The SMILES string of the molecule is CC(/C=C/C1CC2(CO2)CC(C)(C)O1)=C\CC1OCC(NC(=O)c2ccccc2C(C)OC(=O)N2CCN(C3CCCCC3)CC2)CO1. The van der Waals surface area contributed by atoms with Crippen molar-refractivity contribution in [3.8, 4) is 0 Å². The Morgan fingerprint density at radius 3 is 2.48 bits per heavy atom. The van der Waals surface area contributed by atoms with Crippen molar-refractivity contribution in [1.29, 1.82) is 0 Å². The molecule has 0 radical (unpaired) electrons. The van der Waals surface area contributed by atoms with E-state index in [1.54, 1.807) is 11.0 Å². The summed E-state index contributed by atoms with van der Waals surface area (Å²) in [5.41, 5.74) is 2.09. The van der Waals surface area contributed by atoms with Gasteiger partial charge in [-0.15, -0.1) is 0 Å². The molecular formula is C38H55N3O7. The van der Waals surface area contributed by atoms with E-state index in [-0.39, 0.29) is 41.6 Å². The van der Waals surface area contributed by atoms with Crippen LogP contribution in [0.15, 0.2) is 48.1 Å². The molecule has 6 rings (SSSR count). The van der Waals surface area contributed by atoms with Crippen LogP contribution in [0.1, 0.15) is 101 Å². The number of nitrogens with zero attached hydrogens (tertiary/aromatic N) is 2. The van der Waals surface area contributed by atoms with Crippen LogP contribution in [0.2, 0.25) is 0 Å². The van der Waals surface area contributed by atoms with Crippen LogP contribution in [0.5, 0.6) is 0 Å². The Labute approximate surface area is 286 Å². The number of hydrogen-bond donors (Lipinski definition) is 1. The fourth-order valence-electron chi connectivity index (χ4n) is 7.84. The molecule has 10 heteroatoms. The van der Waals surface area contributed by atoms with E-state index in [1.165, 1.54) is 32.1 Å². The molecule has 4 heterocycles. The van der Waals surface area contributed by atoms with Gasteiger partial charge in [0.25, 0.3) is 5.91 Å². The zero-order chi connectivity index (χ0) is 33.7. The number of carbonyl (C=O) groups is 2. The molecule has 1 aromatic carbocycles. The Morgan fingerprint density at radius 2 is 1.77 bits per heavy atom. The van der Waals surface area contributed by atoms with Gasteiger partial charge < -0.3 is 33.9 Å². The molecule has 4 saturated heterocycles. The predicted molar refractivity (Wildman–Crippen MR) is 183 cm³/mol. The van der Waals surface area contributed by atoms with Gasteiger partial charge in [-0.2, -0.15) is 0 Å². The lowest BCUT2D eigenvalue weighted by atomic mass is 9.85. The number of nitrogens with one attached hydrogen (secondary N) is 1. The largest absolute Gasteiger partial charge is 0.441 e. The molecule has 3 atom stereocenters. The number of rotatable bonds is 9. The standard InChI is InChI=1S/C38H55N3O7/c1-27(14-16-31-22-38(26-46-38)25-37(3,4)48-31)15-17-34-44-23-29(24-45-34)39-35(42)33-13-9-8-12-32(33)28(2)47-36(43)41-20-18-40(19-21-41)30-10-6-5-7-11-30/h8-9,12-16,28-31,34H,5-7,10-11,17-26H2,1-4H3,(H,39,42)/b16-14+,27-15+. The molecule has 1 spiro atoms. The first-order chi connectivity index (χ1) is 23.1. The molecule has 1 N–H and O–H groups in total. The van der Waals surface area contributed by atoms with Crippen LogP contribution in [0.4, 0.5) is 4.79 Å². The molecule has 3 unspecified atom stereocenters. The fourth-order valence-corrected chi connectivity index (χ4v) is 7.84. The summed E-state index contributed by atoms with van der Waals surface area (Å²) >= 11 is 0. The van der Waals surface area contributed by atoms with E-state index >= 15 is 0 Å². The van der Waals surface area contributed by atoms with Crippen molar-refractivity contribution in [2.75, 3.05) is 46.0 Å². The van der Waals surface area contributed by atoms with Crippen LogP contribution in [0, 0.1) is 0 Å². The van der Waals surface area contributed by atoms with Gasteiger partial charge in [0.15, 0.2) is 6.29 Å². The van der Waals surface area contributed by atoms with Crippen molar-refractivity contribution >= 4 is 12.0 Å². The van der Waals surface area contributed by atoms with E-state index < -0.39 is 6.10 Å². The molecule has 5 aliphatic rings. The van der Waals surface area contributed by atoms with Gasteiger partial charge >= 0.3 is 6.09 Å². The quantitative estimate of drug-likeness (QED) is 0.256. The van der Waals surface area contributed by atoms with Crippen molar-refractivity contribution in [2.24, 2.45) is 0 Å². The highest BCUT2D eigenvalue weighted by molar-refractivity contribution is 5.96. The van der Waals surface area contributed by atoms with Crippen LogP contribution in [-0.2, 0) is 23.7 Å². The Hall–Kier alpha value is -2.76. The van der Waals surface area contributed by atoms with E-state index in [1.807, 2.05) is 25.1 Å². The highest BCUT2D eigenvalue weighted by Gasteiger charge is 2.53. The molecule has 10 nitrogen and oxygen atoms in total. The van der Waals surface area contributed by atoms with Gasteiger partial charge in [-0.05, 0) is 46.6 Å². The van der Waals surface area contributed by atoms with E-state index in [2.05, 4.69) is 49.2 Å². The van der Waals surface area contributed by atoms with E-state index in [0.717, 1.165) is 38.1 Å². The number of piperazine rings is 1. The van der Waals surface area contributed by atoms with Crippen molar-refractivity contribution < 1.29 is 33.3 Å². The van der Waals surface area contributed by atoms with Crippen molar-refractivity contribution in [2.45, 2.75) is 121 Å². The normalized spacial score (nSPS) is 30.7. The minimum absolute atomic E-state index is 0.00110. The van der Waals surface area contributed by atoms with Gasteiger partial charge in [-0.1, -0.05) is 61.3 Å². The van der Waals surface area contributed by atoms with E-state index in [9.17, 15) is 9.59 Å². The first-order valence-corrected chi connectivity index (χ1v) is 18.1. The Kier molecular flexibility index (Phi) is 11.3. The predicted octanol–water partition coefficient (Wildman–Crippen LogP) is 5.93. The molecule has 2 amide bonds. The molecule has 5 fully saturated rings. The van der Waals surface area contributed by atoms with Crippen molar-refractivity contribution in [1.82, 2.24) is 15.1 Å². The second-order valence-corrected chi connectivity index (χ2v) is 15.0. The third-order valence-corrected chi connectivity index (χ3v) is 10.4. The molecule has 1 saturated carbocycles. The highest BCUT2D eigenvalue weighted by atomic mass is 16.7. The van der Waals surface area contributed by atoms with Gasteiger partial charge in [-0.3, -0.25) is 9.69 Å². The van der Waals surface area contributed by atoms with Gasteiger partial charge in [0.05, 0.1) is 43.2 Å². The molecule has 264 valence electrons. The number of epoxide rings is 1. The highest BCUT2D eigenvalue weighted by Crippen LogP contribution is 2.46. The average Bonchev–Trinajstić information content (AvgIpc) is 3.83. The minimum atomic E-state index is -0.567. The molecule has 1 aromatic rings. The zero-order valence-corrected chi connectivity index (χ0v) is 29.3. The summed E-state index contributed by atoms with van der Waals surface area (Å²) in [6.07, 6.45) is 14.0. The minimum Gasteiger partial charge on any atom is -0.441 e. The third-order valence-electron chi connectivity index (χ3n) is 10.4. The monoisotopic (exact) mass is 665 g/mol. The lowest BCUT2D eigenvalue weighted by Crippen LogP contribution is -2.52. The van der Waals surface area contributed by atoms with E-state index in [4.69, 9.17) is 23.7 Å². The molecule has 4 aliphatic heterocycles. The van der Waals surface area contributed by atoms with Crippen LogP contribution in [0.25, 0.3) is 0 Å². The first kappa shape index (κ1) is 35.1. The summed E-state index contributed by atoms with van der Waals surface area (Å²) in [4.78, 5) is 30.8. The van der Waals surface area contributed by atoms with E-state index in [0.29, 0.717) is 49.9 Å². The summed E-state index contributed by atoms with van der Waals surface area (Å²) in [5.74, 6) is -0.238. The first-order valence-electron chi connectivity index (χ1n) is 18.1. The lowest BCUT2D eigenvalue weighted by molar-refractivity contribution is -0.185. The Bertz CT molecular complexity index is 1310. The van der Waals surface area contributed by atoms with Gasteiger partial charge in [0, 0.05) is 62.6 Å². The number of benzene rings is 1. The molecule has 0 aromatic heterocycles. The van der Waals surface area contributed by atoms with Crippen LogP contribution in [0.3, 0.4) is 0 Å². The molecule has 0 bridgehead atoms. The lowest BCUT2D eigenvalue weighted by Gasteiger charge is -2.40. The maximum Gasteiger partial charge on any atom is 0.410 e. The summed E-state index contributed by atoms with van der Waals surface area (Å²) in [6, 6.07) is 7.67. The van der Waals surface area contributed by atoms with Crippen LogP contribution >= 0.6 is 0 Å². The van der Waals surface area contributed by atoms with Crippen molar-refractivity contribution in [3.63, 3.8) is 0 Å². The summed E-state index contributed by atoms with van der Waals surface area (Å²) in [5, 5.41) is 3.05. The molecular weight excluding hydrogens is 610 g/mol.